The summed E-state index contributed by atoms with van der Waals surface area (Å²) in [6, 6.07) is 46.1. The van der Waals surface area contributed by atoms with Gasteiger partial charge in [-0.15, -0.1) is 0 Å². The van der Waals surface area contributed by atoms with Crippen molar-refractivity contribution >= 4 is 11.7 Å². The van der Waals surface area contributed by atoms with Gasteiger partial charge in [0.15, 0.2) is 6.04 Å². The van der Waals surface area contributed by atoms with E-state index in [1.807, 2.05) is 30.3 Å². The third-order valence-electron chi connectivity index (χ3n) is 9.39. The minimum Gasteiger partial charge on any atom is -0.490 e. The highest BCUT2D eigenvalue weighted by Gasteiger charge is 2.40. The molecular weight excluding hydrogens is 620 g/mol. The molecule has 0 aliphatic heterocycles. The predicted octanol–water partition coefficient (Wildman–Crippen LogP) is 9.54. The third kappa shape index (κ3) is 7.91. The first-order chi connectivity index (χ1) is 24.5. The fourth-order valence-electron chi connectivity index (χ4n) is 6.87. The molecule has 1 saturated carbocycles. The summed E-state index contributed by atoms with van der Waals surface area (Å²) in [5, 5.41) is 12.5. The van der Waals surface area contributed by atoms with Crippen LogP contribution in [0.3, 0.4) is 0 Å². The molecule has 50 heavy (non-hydrogen) atoms. The Bertz CT molecular complexity index is 1770. The van der Waals surface area contributed by atoms with Crippen LogP contribution in [-0.4, -0.2) is 24.8 Å². The third-order valence-corrected chi connectivity index (χ3v) is 9.39. The number of nitriles is 1. The largest absolute Gasteiger partial charge is 0.490 e. The molecular formula is C44H44N2O4. The maximum atomic E-state index is 13.2. The van der Waals surface area contributed by atoms with Gasteiger partial charge in [0, 0.05) is 5.69 Å². The lowest BCUT2D eigenvalue weighted by Crippen LogP contribution is -2.39. The molecule has 0 spiro atoms. The summed E-state index contributed by atoms with van der Waals surface area (Å²) >= 11 is 0. The fourth-order valence-corrected chi connectivity index (χ4v) is 6.87. The lowest BCUT2D eigenvalue weighted by atomic mass is 9.79. The van der Waals surface area contributed by atoms with Gasteiger partial charge in [0.05, 0.1) is 30.4 Å². The maximum Gasteiger partial charge on any atom is 0.333 e. The van der Waals surface area contributed by atoms with Gasteiger partial charge in [-0.25, -0.2) is 4.79 Å². The van der Waals surface area contributed by atoms with E-state index in [0.29, 0.717) is 5.56 Å². The maximum absolute atomic E-state index is 13.2. The molecule has 0 saturated heterocycles. The second-order valence-electron chi connectivity index (χ2n) is 12.7. The Morgan fingerprint density at radius 3 is 1.80 bits per heavy atom. The van der Waals surface area contributed by atoms with Gasteiger partial charge in [-0.3, -0.25) is 0 Å². The van der Waals surface area contributed by atoms with Gasteiger partial charge in [0.1, 0.15) is 11.4 Å². The first kappa shape index (κ1) is 34.5. The molecule has 1 fully saturated rings. The topological polar surface area (TPSA) is 80.6 Å². The summed E-state index contributed by atoms with van der Waals surface area (Å²) in [5.74, 6) is 0.374. The monoisotopic (exact) mass is 664 g/mol. The molecule has 6 rings (SSSR count). The van der Waals surface area contributed by atoms with Crippen LogP contribution < -0.4 is 10.1 Å². The van der Waals surface area contributed by atoms with Crippen molar-refractivity contribution in [3.05, 3.63) is 167 Å². The summed E-state index contributed by atoms with van der Waals surface area (Å²) in [7, 11) is 0. The highest BCUT2D eigenvalue weighted by atomic mass is 16.5. The molecule has 6 nitrogen and oxygen atoms in total. The van der Waals surface area contributed by atoms with Crippen molar-refractivity contribution in [3.8, 4) is 11.8 Å². The molecule has 0 radical (unpaired) electrons. The van der Waals surface area contributed by atoms with Crippen LogP contribution in [0.25, 0.3) is 0 Å². The minimum absolute atomic E-state index is 0.0157. The van der Waals surface area contributed by atoms with Gasteiger partial charge >= 0.3 is 5.97 Å². The molecule has 1 N–H and O–H groups in total. The van der Waals surface area contributed by atoms with Crippen molar-refractivity contribution in [2.24, 2.45) is 0 Å². The molecule has 0 amide bonds. The number of nitrogens with zero attached hydrogens (tertiary/aromatic N) is 1. The number of nitrogens with one attached hydrogen (secondary N) is 1. The van der Waals surface area contributed by atoms with Crippen LogP contribution in [0.2, 0.25) is 0 Å². The van der Waals surface area contributed by atoms with Gasteiger partial charge in [-0.05, 0) is 103 Å². The molecule has 1 unspecified atom stereocenters. The Kier molecular flexibility index (Phi) is 11.3. The zero-order valence-corrected chi connectivity index (χ0v) is 28.8. The van der Waals surface area contributed by atoms with Crippen molar-refractivity contribution < 1.29 is 19.0 Å². The quantitative estimate of drug-likeness (QED) is 0.0998. The molecule has 1 atom stereocenters. The number of aryl methyl sites for hydroxylation is 1. The van der Waals surface area contributed by atoms with E-state index in [4.69, 9.17) is 14.2 Å². The molecule has 0 aromatic heterocycles. The van der Waals surface area contributed by atoms with Crippen molar-refractivity contribution in [3.63, 3.8) is 0 Å². The minimum atomic E-state index is -0.753. The SMILES string of the molecule is CCOC(=O)C(Nc1ccc(C#N)cc1)c1cc(CC)cc(OC2CCC(OC(c3ccccc3)(c3ccccc3)c3ccccc3)CC2)c1. The molecule has 1 aliphatic rings. The lowest BCUT2D eigenvalue weighted by molar-refractivity contribution is -0.144. The van der Waals surface area contributed by atoms with E-state index in [0.717, 1.165) is 71.4 Å². The van der Waals surface area contributed by atoms with Crippen LogP contribution in [0.4, 0.5) is 5.69 Å². The molecule has 0 bridgehead atoms. The standard InChI is InChI=1S/C44H44N2O4/c1-3-32-28-34(42(43(47)48-4-2)46-38-22-20-33(31-45)21-23-38)30-41(29-32)49-39-24-26-40(27-25-39)50-44(35-14-8-5-9-15-35,36-16-10-6-11-17-36)37-18-12-7-13-19-37/h5-23,28-30,39-40,42,46H,3-4,24-27H2,1-2H3. The number of carbonyl (C=O) groups excluding carboxylic acids is 1. The van der Waals surface area contributed by atoms with E-state index in [-0.39, 0.29) is 24.8 Å². The van der Waals surface area contributed by atoms with Crippen LogP contribution in [0.1, 0.15) is 79.0 Å². The smallest absolute Gasteiger partial charge is 0.333 e. The highest BCUT2D eigenvalue weighted by Crippen LogP contribution is 2.43. The van der Waals surface area contributed by atoms with Crippen molar-refractivity contribution in [1.29, 1.82) is 5.26 Å². The molecule has 0 heterocycles. The number of ether oxygens (including phenoxy) is 3. The number of hydrogen-bond donors (Lipinski definition) is 1. The van der Waals surface area contributed by atoms with Gasteiger partial charge < -0.3 is 19.5 Å². The second kappa shape index (κ2) is 16.3. The number of anilines is 1. The van der Waals surface area contributed by atoms with E-state index in [2.05, 4.69) is 97.2 Å². The second-order valence-corrected chi connectivity index (χ2v) is 12.7. The predicted molar refractivity (Wildman–Crippen MR) is 197 cm³/mol. The Labute approximate surface area is 295 Å². The van der Waals surface area contributed by atoms with Gasteiger partial charge in [-0.2, -0.15) is 5.26 Å². The lowest BCUT2D eigenvalue weighted by Gasteiger charge is -2.41. The first-order valence-corrected chi connectivity index (χ1v) is 17.6. The van der Waals surface area contributed by atoms with Crippen LogP contribution >= 0.6 is 0 Å². The number of rotatable bonds is 13. The van der Waals surface area contributed by atoms with Crippen LogP contribution in [0, 0.1) is 11.3 Å². The Morgan fingerprint density at radius 1 is 0.760 bits per heavy atom. The first-order valence-electron chi connectivity index (χ1n) is 17.6. The average molecular weight is 665 g/mol. The van der Waals surface area contributed by atoms with Crippen LogP contribution in [-0.2, 0) is 26.3 Å². The van der Waals surface area contributed by atoms with E-state index in [1.54, 1.807) is 31.2 Å². The summed E-state index contributed by atoms with van der Waals surface area (Å²) in [6.07, 6.45) is 4.22. The number of hydrogen-bond acceptors (Lipinski definition) is 6. The fraction of sp³-hybridized carbons (Fsp3) is 0.273. The van der Waals surface area contributed by atoms with E-state index < -0.39 is 11.6 Å². The normalized spacial score (nSPS) is 16.5. The summed E-state index contributed by atoms with van der Waals surface area (Å²) in [6.45, 7) is 4.17. The number of esters is 1. The van der Waals surface area contributed by atoms with E-state index >= 15 is 0 Å². The molecule has 5 aromatic carbocycles. The average Bonchev–Trinajstić information content (AvgIpc) is 3.18. The van der Waals surface area contributed by atoms with Gasteiger partial charge in [0.2, 0.25) is 0 Å². The van der Waals surface area contributed by atoms with Crippen LogP contribution in [0.5, 0.6) is 5.75 Å². The van der Waals surface area contributed by atoms with Crippen molar-refractivity contribution in [2.45, 2.75) is 69.8 Å². The molecule has 6 heteroatoms. The number of carbonyl (C=O) groups is 1. The Morgan fingerprint density at radius 2 is 1.30 bits per heavy atom. The van der Waals surface area contributed by atoms with Crippen molar-refractivity contribution in [1.82, 2.24) is 0 Å². The molecule has 1 aliphatic carbocycles. The van der Waals surface area contributed by atoms with Gasteiger partial charge in [-0.1, -0.05) is 104 Å². The zero-order valence-electron chi connectivity index (χ0n) is 28.8. The zero-order chi connectivity index (χ0) is 34.8. The highest BCUT2D eigenvalue weighted by molar-refractivity contribution is 5.81. The van der Waals surface area contributed by atoms with E-state index in [9.17, 15) is 10.1 Å². The van der Waals surface area contributed by atoms with Crippen LogP contribution in [0.15, 0.2) is 133 Å². The Hall–Kier alpha value is -5.38. The van der Waals surface area contributed by atoms with Crippen molar-refractivity contribution in [2.75, 3.05) is 11.9 Å². The molecule has 254 valence electrons. The summed E-state index contributed by atoms with van der Waals surface area (Å²) in [4.78, 5) is 13.2. The Balaban J connectivity index is 1.21. The summed E-state index contributed by atoms with van der Waals surface area (Å²) < 4.78 is 19.5. The molecule has 5 aromatic rings. The van der Waals surface area contributed by atoms with Gasteiger partial charge in [0.25, 0.3) is 0 Å². The number of benzene rings is 5. The summed E-state index contributed by atoms with van der Waals surface area (Å²) in [5.41, 5.74) is 5.68. The van der Waals surface area contributed by atoms with E-state index in [1.165, 1.54) is 0 Å².